The number of hydrogen-bond donors (Lipinski definition) is 0. The number of esters is 3. The Hall–Kier alpha value is -4.19. The van der Waals surface area contributed by atoms with Crippen LogP contribution in [0.4, 0.5) is 0 Å². The van der Waals surface area contributed by atoms with Gasteiger partial charge >= 0.3 is 17.9 Å². The molecule has 0 aromatic rings. The Labute approximate surface area is 386 Å². The Morgan fingerprint density at radius 1 is 0.333 bits per heavy atom. The average molecular weight is 871 g/mol. The third-order valence-corrected chi connectivity index (χ3v) is 9.96. The molecule has 0 unspecified atom stereocenters. The maximum atomic E-state index is 12.8. The summed E-state index contributed by atoms with van der Waals surface area (Å²) in [6.45, 7) is 6.29. The van der Waals surface area contributed by atoms with E-state index in [1.54, 1.807) is 0 Å². The van der Waals surface area contributed by atoms with Crippen molar-refractivity contribution in [1.82, 2.24) is 0 Å². The van der Waals surface area contributed by atoms with Crippen molar-refractivity contribution in [3.05, 3.63) is 122 Å². The van der Waals surface area contributed by atoms with Crippen LogP contribution in [0.2, 0.25) is 0 Å². The quantitative estimate of drug-likeness (QED) is 0.0263. The Morgan fingerprint density at radius 2 is 0.635 bits per heavy atom. The standard InChI is InChI=1S/C57H90O6/c1-4-7-10-13-16-19-21-23-25-27-28-30-31-33-35-38-41-44-47-50-56(59)62-53-54(52-61-55(58)49-46-43-40-37-18-15-12-9-6-3)63-57(60)51-48-45-42-39-36-34-32-29-26-24-22-20-17-14-11-8-5-2/h7-8,10-11,16-17,19-20,23-26,28,30,32-35,39,42,54H,4-6,9,12-15,18,21-22,27,29,31,36-38,40-41,43-53H2,1-3H3/b10-7-,11-8-,19-16-,20-17-,25-23-,26-24-,30-28-,34-32-,35-33-,42-39-/t54-/m1/s1. The highest BCUT2D eigenvalue weighted by Gasteiger charge is 2.19. The zero-order valence-electron chi connectivity index (χ0n) is 40.3. The van der Waals surface area contributed by atoms with Gasteiger partial charge in [-0.1, -0.05) is 200 Å². The van der Waals surface area contributed by atoms with E-state index in [2.05, 4.69) is 142 Å². The van der Waals surface area contributed by atoms with Crippen molar-refractivity contribution in [3.63, 3.8) is 0 Å². The number of unbranched alkanes of at least 4 members (excludes halogenated alkanes) is 12. The lowest BCUT2D eigenvalue weighted by molar-refractivity contribution is -0.167. The summed E-state index contributed by atoms with van der Waals surface area (Å²) in [6.07, 6.45) is 69.0. The van der Waals surface area contributed by atoms with Crippen LogP contribution in [0, 0.1) is 0 Å². The van der Waals surface area contributed by atoms with Gasteiger partial charge in [-0.15, -0.1) is 0 Å². The van der Waals surface area contributed by atoms with Crippen molar-refractivity contribution in [2.75, 3.05) is 13.2 Å². The van der Waals surface area contributed by atoms with E-state index in [1.165, 1.54) is 38.5 Å². The van der Waals surface area contributed by atoms with Crippen molar-refractivity contribution < 1.29 is 28.6 Å². The molecule has 0 radical (unpaired) electrons. The Morgan fingerprint density at radius 3 is 1.02 bits per heavy atom. The molecule has 1 atom stereocenters. The zero-order valence-corrected chi connectivity index (χ0v) is 40.3. The van der Waals surface area contributed by atoms with Crippen LogP contribution >= 0.6 is 0 Å². The molecule has 0 fully saturated rings. The second-order valence-corrected chi connectivity index (χ2v) is 16.0. The minimum absolute atomic E-state index is 0.114. The summed E-state index contributed by atoms with van der Waals surface area (Å²) in [4.78, 5) is 37.8. The SMILES string of the molecule is CC/C=C\C/C=C\C/C=C\C/C=C\C/C=C\CCCCCC(=O)OC[C@@H](COC(=O)CCCCCCCCCCC)OC(=O)CCC/C=C\C/C=C\C/C=C\C/C=C\C/C=C\CC. The van der Waals surface area contributed by atoms with Gasteiger partial charge in [-0.3, -0.25) is 14.4 Å². The Balaban J connectivity index is 4.51. The van der Waals surface area contributed by atoms with Crippen molar-refractivity contribution in [1.29, 1.82) is 0 Å². The van der Waals surface area contributed by atoms with Crippen LogP contribution < -0.4 is 0 Å². The first-order valence-electron chi connectivity index (χ1n) is 25.0. The van der Waals surface area contributed by atoms with Crippen LogP contribution in [0.1, 0.15) is 201 Å². The van der Waals surface area contributed by atoms with Gasteiger partial charge in [-0.25, -0.2) is 0 Å². The van der Waals surface area contributed by atoms with Gasteiger partial charge in [0.15, 0.2) is 6.10 Å². The summed E-state index contributed by atoms with van der Waals surface area (Å²) >= 11 is 0. The number of hydrogen-bond acceptors (Lipinski definition) is 6. The molecule has 354 valence electrons. The predicted molar refractivity (Wildman–Crippen MR) is 269 cm³/mol. The lowest BCUT2D eigenvalue weighted by Crippen LogP contribution is -2.30. The van der Waals surface area contributed by atoms with E-state index in [4.69, 9.17) is 14.2 Å². The highest BCUT2D eigenvalue weighted by Crippen LogP contribution is 2.12. The maximum absolute atomic E-state index is 12.8. The second-order valence-electron chi connectivity index (χ2n) is 16.0. The number of ether oxygens (including phenoxy) is 3. The third kappa shape index (κ3) is 48.7. The van der Waals surface area contributed by atoms with E-state index in [0.717, 1.165) is 116 Å². The number of allylic oxidation sites excluding steroid dienone is 20. The minimum atomic E-state index is -0.822. The van der Waals surface area contributed by atoms with Crippen molar-refractivity contribution >= 4 is 17.9 Å². The van der Waals surface area contributed by atoms with E-state index < -0.39 is 6.10 Å². The highest BCUT2D eigenvalue weighted by atomic mass is 16.6. The van der Waals surface area contributed by atoms with Gasteiger partial charge in [0.1, 0.15) is 13.2 Å². The molecule has 0 saturated carbocycles. The number of carbonyl (C=O) groups excluding carboxylic acids is 3. The first-order chi connectivity index (χ1) is 31.0. The lowest BCUT2D eigenvalue weighted by atomic mass is 10.1. The van der Waals surface area contributed by atoms with Crippen LogP contribution in [0.25, 0.3) is 0 Å². The van der Waals surface area contributed by atoms with Crippen LogP contribution in [-0.2, 0) is 28.6 Å². The molecule has 0 aliphatic heterocycles. The largest absolute Gasteiger partial charge is 0.462 e. The third-order valence-electron chi connectivity index (χ3n) is 9.96. The molecule has 0 aromatic heterocycles. The number of rotatable bonds is 43. The summed E-state index contributed by atoms with van der Waals surface area (Å²) in [5.41, 5.74) is 0. The molecule has 0 N–H and O–H groups in total. The van der Waals surface area contributed by atoms with Crippen LogP contribution in [0.15, 0.2) is 122 Å². The van der Waals surface area contributed by atoms with E-state index in [1.807, 2.05) is 0 Å². The molecule has 0 rings (SSSR count). The Kier molecular flexibility index (Phi) is 47.1. The fourth-order valence-electron chi connectivity index (χ4n) is 6.27. The first kappa shape index (κ1) is 58.8. The van der Waals surface area contributed by atoms with Gasteiger partial charge in [-0.2, -0.15) is 0 Å². The van der Waals surface area contributed by atoms with Crippen molar-refractivity contribution in [3.8, 4) is 0 Å². The summed E-state index contributed by atoms with van der Waals surface area (Å²) in [7, 11) is 0. The summed E-state index contributed by atoms with van der Waals surface area (Å²) < 4.78 is 16.7. The fourth-order valence-corrected chi connectivity index (χ4v) is 6.27. The highest BCUT2D eigenvalue weighted by molar-refractivity contribution is 5.71. The van der Waals surface area contributed by atoms with E-state index in [-0.39, 0.29) is 37.5 Å². The summed E-state index contributed by atoms with van der Waals surface area (Å²) in [6, 6.07) is 0. The molecule has 63 heavy (non-hydrogen) atoms. The molecule has 0 saturated heterocycles. The molecular formula is C57H90O6. The molecule has 6 nitrogen and oxygen atoms in total. The van der Waals surface area contributed by atoms with Gasteiger partial charge in [0.05, 0.1) is 0 Å². The van der Waals surface area contributed by atoms with Gasteiger partial charge in [0.2, 0.25) is 0 Å². The molecule has 6 heteroatoms. The average Bonchev–Trinajstić information content (AvgIpc) is 3.28. The molecular weight excluding hydrogens is 781 g/mol. The van der Waals surface area contributed by atoms with E-state index >= 15 is 0 Å². The fraction of sp³-hybridized carbons (Fsp3) is 0.596. The van der Waals surface area contributed by atoms with Gasteiger partial charge in [-0.05, 0) is 103 Å². The van der Waals surface area contributed by atoms with Crippen LogP contribution in [0.5, 0.6) is 0 Å². The first-order valence-corrected chi connectivity index (χ1v) is 25.0. The molecule has 0 aliphatic rings. The molecule has 0 aliphatic carbocycles. The topological polar surface area (TPSA) is 78.9 Å². The van der Waals surface area contributed by atoms with E-state index in [0.29, 0.717) is 19.3 Å². The normalized spacial score (nSPS) is 13.1. The summed E-state index contributed by atoms with van der Waals surface area (Å²) in [5, 5.41) is 0. The molecule has 0 spiro atoms. The lowest BCUT2D eigenvalue weighted by Gasteiger charge is -2.18. The molecule has 0 heterocycles. The molecule has 0 bridgehead atoms. The van der Waals surface area contributed by atoms with Crippen LogP contribution in [0.3, 0.4) is 0 Å². The molecule has 0 amide bonds. The second kappa shape index (κ2) is 50.5. The van der Waals surface area contributed by atoms with Crippen molar-refractivity contribution in [2.45, 2.75) is 207 Å². The predicted octanol–water partition coefficient (Wildman–Crippen LogP) is 16.5. The minimum Gasteiger partial charge on any atom is -0.462 e. The summed E-state index contributed by atoms with van der Waals surface area (Å²) in [5.74, 6) is -1.02. The van der Waals surface area contributed by atoms with Crippen LogP contribution in [-0.4, -0.2) is 37.2 Å². The van der Waals surface area contributed by atoms with E-state index in [9.17, 15) is 14.4 Å². The van der Waals surface area contributed by atoms with Gasteiger partial charge in [0, 0.05) is 19.3 Å². The zero-order chi connectivity index (χ0) is 45.8. The smallest absolute Gasteiger partial charge is 0.306 e. The number of carbonyl (C=O) groups is 3. The Bertz CT molecular complexity index is 1370. The maximum Gasteiger partial charge on any atom is 0.306 e. The molecule has 0 aromatic carbocycles. The van der Waals surface area contributed by atoms with Crippen molar-refractivity contribution in [2.24, 2.45) is 0 Å². The van der Waals surface area contributed by atoms with Gasteiger partial charge in [0.25, 0.3) is 0 Å². The van der Waals surface area contributed by atoms with Gasteiger partial charge < -0.3 is 14.2 Å². The monoisotopic (exact) mass is 871 g/mol.